The van der Waals surface area contributed by atoms with E-state index in [-0.39, 0.29) is 12.8 Å². The molecular weight excluding hydrogens is 150 g/mol. The molecule has 0 atom stereocenters. The molecule has 1 aliphatic carbocycles. The van der Waals surface area contributed by atoms with E-state index in [1.807, 2.05) is 0 Å². The van der Waals surface area contributed by atoms with Crippen LogP contribution in [0, 0.1) is 11.3 Å². The second kappa shape index (κ2) is 3.08. The summed E-state index contributed by atoms with van der Waals surface area (Å²) < 4.78 is 0. The molecule has 2 aliphatic rings. The summed E-state index contributed by atoms with van der Waals surface area (Å²) in [6.45, 7) is 3.22. The molecule has 0 radical (unpaired) electrons. The highest BCUT2D eigenvalue weighted by Crippen LogP contribution is 2.42. The van der Waals surface area contributed by atoms with Crippen LogP contribution in [-0.4, -0.2) is 12.5 Å². The van der Waals surface area contributed by atoms with Gasteiger partial charge in [-0.1, -0.05) is 14.4 Å². The molecule has 2 heteroatoms. The van der Waals surface area contributed by atoms with E-state index >= 15 is 0 Å². The van der Waals surface area contributed by atoms with Gasteiger partial charge in [0, 0.05) is 6.54 Å². The maximum Gasteiger partial charge on any atom is 0.228 e. The van der Waals surface area contributed by atoms with E-state index in [9.17, 15) is 4.79 Å². The van der Waals surface area contributed by atoms with Crippen molar-refractivity contribution in [2.45, 2.75) is 40.0 Å². The Hall–Kier alpha value is -0.530. The van der Waals surface area contributed by atoms with Crippen molar-refractivity contribution in [1.29, 1.82) is 0 Å². The Labute approximate surface area is 74.7 Å². The van der Waals surface area contributed by atoms with Crippen molar-refractivity contribution in [1.82, 2.24) is 5.32 Å². The smallest absolute Gasteiger partial charge is 0.228 e. The molecule has 0 aromatic heterocycles. The number of hydrogen-bond donors (Lipinski definition) is 1. The minimum atomic E-state index is 0. The maximum absolute atomic E-state index is 11.2. The SMILES string of the molecule is C.CC1CCC2(CC1)CNC2=O. The molecule has 1 heterocycles. The normalized spacial score (nSPS) is 39.8. The fourth-order valence-electron chi connectivity index (χ4n) is 2.13. The monoisotopic (exact) mass is 169 g/mol. The van der Waals surface area contributed by atoms with Crippen molar-refractivity contribution in [3.63, 3.8) is 0 Å². The summed E-state index contributed by atoms with van der Waals surface area (Å²) in [5.41, 5.74) is 0.0898. The molecule has 0 unspecified atom stereocenters. The summed E-state index contributed by atoms with van der Waals surface area (Å²) in [5.74, 6) is 1.15. The first-order valence-corrected chi connectivity index (χ1v) is 4.51. The molecule has 12 heavy (non-hydrogen) atoms. The van der Waals surface area contributed by atoms with Crippen LogP contribution in [0.2, 0.25) is 0 Å². The van der Waals surface area contributed by atoms with Gasteiger partial charge in [0.15, 0.2) is 0 Å². The lowest BCUT2D eigenvalue weighted by Crippen LogP contribution is -2.60. The van der Waals surface area contributed by atoms with Gasteiger partial charge in [-0.2, -0.15) is 0 Å². The summed E-state index contributed by atoms with van der Waals surface area (Å²) in [6, 6.07) is 0. The van der Waals surface area contributed by atoms with Gasteiger partial charge < -0.3 is 5.32 Å². The highest BCUT2D eigenvalue weighted by atomic mass is 16.2. The third kappa shape index (κ3) is 1.23. The first kappa shape index (κ1) is 9.56. The minimum Gasteiger partial charge on any atom is -0.354 e. The molecule has 1 saturated heterocycles. The quantitative estimate of drug-likeness (QED) is 0.552. The molecule has 0 aromatic carbocycles. The topological polar surface area (TPSA) is 29.1 Å². The molecule has 2 rings (SSSR count). The molecule has 70 valence electrons. The Bertz CT molecular complexity index is 180. The Morgan fingerprint density at radius 2 is 2.00 bits per heavy atom. The van der Waals surface area contributed by atoms with Crippen LogP contribution in [-0.2, 0) is 4.79 Å². The van der Waals surface area contributed by atoms with Gasteiger partial charge in [0.25, 0.3) is 0 Å². The second-order valence-electron chi connectivity index (χ2n) is 4.15. The molecule has 1 aliphatic heterocycles. The maximum atomic E-state index is 11.2. The van der Waals surface area contributed by atoms with Crippen LogP contribution in [0.3, 0.4) is 0 Å². The van der Waals surface area contributed by atoms with Crippen molar-refractivity contribution >= 4 is 5.91 Å². The third-order valence-corrected chi connectivity index (χ3v) is 3.30. The predicted molar refractivity (Wildman–Crippen MR) is 49.8 cm³/mol. The number of carbonyl (C=O) groups is 1. The van der Waals surface area contributed by atoms with E-state index in [1.54, 1.807) is 0 Å². The average Bonchev–Trinajstić information content (AvgIpc) is 2.03. The predicted octanol–water partition coefficient (Wildman–Crippen LogP) is 1.95. The van der Waals surface area contributed by atoms with Crippen molar-refractivity contribution in [2.75, 3.05) is 6.54 Å². The van der Waals surface area contributed by atoms with Crippen LogP contribution in [0.5, 0.6) is 0 Å². The lowest BCUT2D eigenvalue weighted by atomic mass is 9.67. The van der Waals surface area contributed by atoms with Gasteiger partial charge in [-0.05, 0) is 31.6 Å². The van der Waals surface area contributed by atoms with E-state index in [0.717, 1.165) is 25.3 Å². The summed E-state index contributed by atoms with van der Waals surface area (Å²) in [7, 11) is 0. The van der Waals surface area contributed by atoms with Gasteiger partial charge in [-0.3, -0.25) is 4.79 Å². The largest absolute Gasteiger partial charge is 0.354 e. The zero-order valence-electron chi connectivity index (χ0n) is 7.02. The van der Waals surface area contributed by atoms with E-state index in [0.29, 0.717) is 5.91 Å². The Kier molecular flexibility index (Phi) is 2.45. The number of rotatable bonds is 0. The van der Waals surface area contributed by atoms with Crippen LogP contribution >= 0.6 is 0 Å². The van der Waals surface area contributed by atoms with Crippen LogP contribution in [0.15, 0.2) is 0 Å². The van der Waals surface area contributed by atoms with Gasteiger partial charge in [-0.15, -0.1) is 0 Å². The lowest BCUT2D eigenvalue weighted by molar-refractivity contribution is -0.143. The molecule has 1 amide bonds. The molecule has 2 nitrogen and oxygen atoms in total. The molecule has 2 fully saturated rings. The Balaban J connectivity index is 0.000000720. The molecule has 1 N–H and O–H groups in total. The van der Waals surface area contributed by atoms with E-state index in [2.05, 4.69) is 12.2 Å². The molecule has 1 spiro atoms. The van der Waals surface area contributed by atoms with Crippen molar-refractivity contribution in [3.05, 3.63) is 0 Å². The zero-order valence-corrected chi connectivity index (χ0v) is 7.02. The number of amides is 1. The zero-order chi connectivity index (χ0) is 7.90. The summed E-state index contributed by atoms with van der Waals surface area (Å²) in [5, 5.41) is 2.84. The number of nitrogens with one attached hydrogen (secondary N) is 1. The Morgan fingerprint density at radius 1 is 1.42 bits per heavy atom. The molecule has 0 bridgehead atoms. The lowest BCUT2D eigenvalue weighted by Gasteiger charge is -2.44. The van der Waals surface area contributed by atoms with Crippen molar-refractivity contribution < 1.29 is 4.79 Å². The van der Waals surface area contributed by atoms with Gasteiger partial charge in [0.05, 0.1) is 5.41 Å². The first-order valence-electron chi connectivity index (χ1n) is 4.51. The van der Waals surface area contributed by atoms with Gasteiger partial charge in [-0.25, -0.2) is 0 Å². The summed E-state index contributed by atoms with van der Waals surface area (Å²) in [6.07, 6.45) is 4.74. The highest BCUT2D eigenvalue weighted by molar-refractivity contribution is 5.88. The van der Waals surface area contributed by atoms with Gasteiger partial charge in [0.1, 0.15) is 0 Å². The fourth-order valence-corrected chi connectivity index (χ4v) is 2.13. The van der Waals surface area contributed by atoms with Crippen molar-refractivity contribution in [2.24, 2.45) is 11.3 Å². The van der Waals surface area contributed by atoms with Gasteiger partial charge in [0.2, 0.25) is 5.91 Å². The number of carbonyl (C=O) groups excluding carboxylic acids is 1. The number of β-lactam (4-membered cyclic amide) rings is 1. The average molecular weight is 169 g/mol. The summed E-state index contributed by atoms with van der Waals surface area (Å²) >= 11 is 0. The van der Waals surface area contributed by atoms with Gasteiger partial charge >= 0.3 is 0 Å². The van der Waals surface area contributed by atoms with Crippen LogP contribution < -0.4 is 5.32 Å². The van der Waals surface area contributed by atoms with E-state index < -0.39 is 0 Å². The second-order valence-corrected chi connectivity index (χ2v) is 4.15. The highest BCUT2D eigenvalue weighted by Gasteiger charge is 2.47. The first-order chi connectivity index (χ1) is 5.23. The standard InChI is InChI=1S/C9H15NO.CH4/c1-7-2-4-9(5-3-7)6-10-8(9)11;/h7H,2-6H2,1H3,(H,10,11);1H4. The third-order valence-electron chi connectivity index (χ3n) is 3.30. The van der Waals surface area contributed by atoms with E-state index in [4.69, 9.17) is 0 Å². The van der Waals surface area contributed by atoms with E-state index in [1.165, 1.54) is 12.8 Å². The van der Waals surface area contributed by atoms with Crippen LogP contribution in [0.25, 0.3) is 0 Å². The van der Waals surface area contributed by atoms with Crippen molar-refractivity contribution in [3.8, 4) is 0 Å². The Morgan fingerprint density at radius 3 is 2.33 bits per heavy atom. The number of hydrogen-bond acceptors (Lipinski definition) is 1. The molecule has 1 saturated carbocycles. The van der Waals surface area contributed by atoms with Crippen LogP contribution in [0.4, 0.5) is 0 Å². The summed E-state index contributed by atoms with van der Waals surface area (Å²) in [4.78, 5) is 11.2. The molecular formula is C10H19NO. The molecule has 0 aromatic rings. The fraction of sp³-hybridized carbons (Fsp3) is 0.900. The minimum absolute atomic E-state index is 0. The van der Waals surface area contributed by atoms with Crippen LogP contribution in [0.1, 0.15) is 40.0 Å².